The monoisotopic (exact) mass is 429 g/mol. The summed E-state index contributed by atoms with van der Waals surface area (Å²) in [5, 5.41) is 2.38. The number of carbonyl (C=O) groups is 2. The van der Waals surface area contributed by atoms with Crippen molar-refractivity contribution in [1.29, 1.82) is 0 Å². The van der Waals surface area contributed by atoms with Gasteiger partial charge in [0.25, 0.3) is 5.79 Å². The molecule has 1 N–H and O–H groups in total. The van der Waals surface area contributed by atoms with E-state index in [0.717, 1.165) is 19.2 Å². The molecule has 1 saturated heterocycles. The Morgan fingerprint density at radius 1 is 0.931 bits per heavy atom. The van der Waals surface area contributed by atoms with Gasteiger partial charge in [0, 0.05) is 31.3 Å². The summed E-state index contributed by atoms with van der Waals surface area (Å²) in [4.78, 5) is 23.6. The van der Waals surface area contributed by atoms with Crippen LogP contribution in [0.3, 0.4) is 0 Å². The summed E-state index contributed by atoms with van der Waals surface area (Å²) in [6.45, 7) is 3.72. The number of ether oxygens (including phenoxy) is 2. The lowest BCUT2D eigenvalue weighted by Gasteiger charge is -2.31. The molecule has 2 rings (SSSR count). The predicted octanol–water partition coefficient (Wildman–Crippen LogP) is 4.42. The molecule has 1 fully saturated rings. The number of nitrogens with one attached hydrogen (secondary N) is 1. The van der Waals surface area contributed by atoms with E-state index in [4.69, 9.17) is 9.47 Å². The number of alkyl halides is 7. The van der Waals surface area contributed by atoms with Crippen LogP contribution >= 0.6 is 0 Å². The molecular weight excluding hydrogens is 415 g/mol. The van der Waals surface area contributed by atoms with Gasteiger partial charge in [-0.25, -0.2) is 14.0 Å². The molecular formula is C17H14F7NO4. The Hall–Kier alpha value is -2.79. The van der Waals surface area contributed by atoms with E-state index in [-0.39, 0.29) is 11.3 Å². The Labute approximate surface area is 159 Å². The van der Waals surface area contributed by atoms with Crippen LogP contribution in [0.25, 0.3) is 0 Å². The number of anilines is 1. The lowest BCUT2D eigenvalue weighted by Crippen LogP contribution is -2.50. The highest BCUT2D eigenvalue weighted by Crippen LogP contribution is 2.53. The van der Waals surface area contributed by atoms with Crippen LogP contribution < -0.4 is 5.32 Å². The van der Waals surface area contributed by atoms with Crippen molar-refractivity contribution in [2.45, 2.75) is 44.6 Å². The molecule has 1 aromatic rings. The van der Waals surface area contributed by atoms with Crippen LogP contribution in [0.1, 0.15) is 25.0 Å². The minimum Gasteiger partial charge on any atom is -0.419 e. The van der Waals surface area contributed by atoms with Crippen LogP contribution in [0.15, 0.2) is 30.0 Å². The standard InChI is InChI=1S/C17H14F7NO4/c1-8-6-9(15(18,16(19,20)21)17(22,23)24)4-5-11(8)25-7-10-12(26)28-14(2,3)29-13(10)27/h4-7,25H,1-3H3. The van der Waals surface area contributed by atoms with Crippen molar-refractivity contribution in [3.63, 3.8) is 0 Å². The SMILES string of the molecule is Cc1cc(C(F)(C(F)(F)F)C(F)(F)F)ccc1NC=C1C(=O)OC(C)(C)OC1=O. The topological polar surface area (TPSA) is 64.6 Å². The highest BCUT2D eigenvalue weighted by molar-refractivity contribution is 6.15. The summed E-state index contributed by atoms with van der Waals surface area (Å²) in [6, 6.07) is 1.41. The zero-order valence-corrected chi connectivity index (χ0v) is 15.1. The number of esters is 2. The molecule has 12 heteroatoms. The van der Waals surface area contributed by atoms with Gasteiger partial charge in [0.15, 0.2) is 5.57 Å². The van der Waals surface area contributed by atoms with Gasteiger partial charge in [-0.2, -0.15) is 26.3 Å². The molecule has 160 valence electrons. The maximum Gasteiger partial charge on any atom is 0.435 e. The van der Waals surface area contributed by atoms with E-state index in [0.29, 0.717) is 12.1 Å². The third-order valence-electron chi connectivity index (χ3n) is 3.89. The van der Waals surface area contributed by atoms with Crippen LogP contribution in [-0.2, 0) is 24.7 Å². The van der Waals surface area contributed by atoms with E-state index in [9.17, 15) is 40.3 Å². The number of hydrogen-bond donors (Lipinski definition) is 1. The van der Waals surface area contributed by atoms with Crippen molar-refractivity contribution >= 4 is 17.6 Å². The first-order chi connectivity index (χ1) is 13.0. The quantitative estimate of drug-likeness (QED) is 0.334. The highest BCUT2D eigenvalue weighted by Gasteiger charge is 2.73. The minimum atomic E-state index is -6.24. The van der Waals surface area contributed by atoms with E-state index >= 15 is 0 Å². The van der Waals surface area contributed by atoms with Crippen molar-refractivity contribution in [1.82, 2.24) is 0 Å². The van der Waals surface area contributed by atoms with Gasteiger partial charge < -0.3 is 14.8 Å². The Morgan fingerprint density at radius 2 is 1.41 bits per heavy atom. The molecule has 0 radical (unpaired) electrons. The summed E-state index contributed by atoms with van der Waals surface area (Å²) in [6.07, 6.45) is -11.7. The Morgan fingerprint density at radius 3 is 1.83 bits per heavy atom. The van der Waals surface area contributed by atoms with Crippen LogP contribution in [-0.4, -0.2) is 30.1 Å². The first-order valence-electron chi connectivity index (χ1n) is 7.86. The second-order valence-electron chi connectivity index (χ2n) is 6.56. The molecule has 0 amide bonds. The number of halogens is 7. The van der Waals surface area contributed by atoms with Crippen LogP contribution in [0.5, 0.6) is 0 Å². The summed E-state index contributed by atoms with van der Waals surface area (Å²) in [5.74, 6) is -3.60. The van der Waals surface area contributed by atoms with Gasteiger partial charge in [-0.3, -0.25) is 0 Å². The fourth-order valence-electron chi connectivity index (χ4n) is 2.46. The third-order valence-corrected chi connectivity index (χ3v) is 3.89. The second-order valence-corrected chi connectivity index (χ2v) is 6.56. The van der Waals surface area contributed by atoms with E-state index in [1.54, 1.807) is 0 Å². The molecule has 1 aliphatic rings. The number of cyclic esters (lactones) is 2. The van der Waals surface area contributed by atoms with Gasteiger partial charge in [0.2, 0.25) is 0 Å². The van der Waals surface area contributed by atoms with Crippen molar-refractivity contribution in [3.8, 4) is 0 Å². The number of rotatable bonds is 3. The second kappa shape index (κ2) is 6.92. The van der Waals surface area contributed by atoms with Gasteiger partial charge in [-0.15, -0.1) is 0 Å². The molecule has 1 heterocycles. The molecule has 1 aliphatic heterocycles. The smallest absolute Gasteiger partial charge is 0.419 e. The molecule has 0 aromatic heterocycles. The summed E-state index contributed by atoms with van der Waals surface area (Å²) in [7, 11) is 0. The van der Waals surface area contributed by atoms with Gasteiger partial charge in [0.05, 0.1) is 0 Å². The van der Waals surface area contributed by atoms with E-state index < -0.39 is 46.9 Å². The van der Waals surface area contributed by atoms with Gasteiger partial charge >= 0.3 is 30.0 Å². The summed E-state index contributed by atoms with van der Waals surface area (Å²) >= 11 is 0. The molecule has 29 heavy (non-hydrogen) atoms. The molecule has 1 aromatic carbocycles. The number of carbonyl (C=O) groups excluding carboxylic acids is 2. The van der Waals surface area contributed by atoms with E-state index in [1.807, 2.05) is 0 Å². The molecule has 0 bridgehead atoms. The molecule has 0 saturated carbocycles. The maximum absolute atomic E-state index is 14.1. The normalized spacial score (nSPS) is 17.5. The van der Waals surface area contributed by atoms with E-state index in [2.05, 4.69) is 5.32 Å². The minimum absolute atomic E-state index is 0.0848. The average Bonchev–Trinajstić information content (AvgIpc) is 2.51. The van der Waals surface area contributed by atoms with E-state index in [1.165, 1.54) is 13.8 Å². The van der Waals surface area contributed by atoms with Gasteiger partial charge in [0.1, 0.15) is 0 Å². The molecule has 0 unspecified atom stereocenters. The first kappa shape index (κ1) is 22.5. The average molecular weight is 429 g/mol. The Kier molecular flexibility index (Phi) is 5.37. The largest absolute Gasteiger partial charge is 0.435 e. The van der Waals surface area contributed by atoms with Gasteiger partial charge in [-0.1, -0.05) is 12.1 Å². The van der Waals surface area contributed by atoms with Gasteiger partial charge in [-0.05, 0) is 18.6 Å². The Balaban J connectivity index is 2.36. The number of hydrogen-bond acceptors (Lipinski definition) is 5. The van der Waals surface area contributed by atoms with Crippen molar-refractivity contribution in [2.75, 3.05) is 5.32 Å². The summed E-state index contributed by atoms with van der Waals surface area (Å²) < 4.78 is 101. The molecule has 0 spiro atoms. The highest BCUT2D eigenvalue weighted by atomic mass is 19.4. The van der Waals surface area contributed by atoms with Crippen molar-refractivity contribution in [2.24, 2.45) is 0 Å². The zero-order chi connectivity index (χ0) is 22.4. The maximum atomic E-state index is 14.1. The fraction of sp³-hybridized carbons (Fsp3) is 0.412. The first-order valence-corrected chi connectivity index (χ1v) is 7.86. The molecule has 0 aliphatic carbocycles. The lowest BCUT2D eigenvalue weighted by atomic mass is 9.92. The van der Waals surface area contributed by atoms with Crippen LogP contribution in [0.2, 0.25) is 0 Å². The van der Waals surface area contributed by atoms with Crippen LogP contribution in [0.4, 0.5) is 36.4 Å². The van der Waals surface area contributed by atoms with Crippen LogP contribution in [0, 0.1) is 6.92 Å². The fourth-order valence-corrected chi connectivity index (χ4v) is 2.46. The Bertz CT molecular complexity index is 836. The van der Waals surface area contributed by atoms with Crippen molar-refractivity contribution < 1.29 is 49.8 Å². The number of aryl methyl sites for hydroxylation is 1. The molecule has 0 atom stereocenters. The summed E-state index contributed by atoms with van der Waals surface area (Å²) in [5.41, 5.74) is -8.11. The third kappa shape index (κ3) is 4.15. The zero-order valence-electron chi connectivity index (χ0n) is 15.1. The van der Waals surface area contributed by atoms with Crippen molar-refractivity contribution in [3.05, 3.63) is 41.1 Å². The number of benzene rings is 1. The molecule has 5 nitrogen and oxygen atoms in total. The predicted molar refractivity (Wildman–Crippen MR) is 84.0 cm³/mol. The lowest BCUT2D eigenvalue weighted by molar-refractivity contribution is -0.348.